The molecule has 1 unspecified atom stereocenters. The number of hydrogen-bond acceptors (Lipinski definition) is 2. The monoisotopic (exact) mass is 305 g/mol. The van der Waals surface area contributed by atoms with Crippen molar-refractivity contribution in [2.24, 2.45) is 7.05 Å². The van der Waals surface area contributed by atoms with Crippen LogP contribution in [0.15, 0.2) is 30.6 Å². The van der Waals surface area contributed by atoms with Crippen molar-refractivity contribution in [1.82, 2.24) is 15.1 Å². The summed E-state index contributed by atoms with van der Waals surface area (Å²) in [5, 5.41) is 8.69. The first-order valence-electron chi connectivity index (χ1n) is 7.57. The third kappa shape index (κ3) is 4.58. The largest absolute Gasteiger partial charge is 0.310 e. The van der Waals surface area contributed by atoms with Gasteiger partial charge in [0.25, 0.3) is 0 Å². The molecule has 0 aliphatic carbocycles. The van der Waals surface area contributed by atoms with Crippen LogP contribution in [0.1, 0.15) is 42.5 Å². The maximum Gasteiger partial charge on any atom is 0.0521 e. The maximum absolute atomic E-state index is 6.07. The molecule has 0 saturated heterocycles. The fourth-order valence-electron chi connectivity index (χ4n) is 2.63. The molecule has 1 heterocycles. The summed E-state index contributed by atoms with van der Waals surface area (Å²) >= 11 is 6.07. The number of aryl methyl sites for hydroxylation is 3. The van der Waals surface area contributed by atoms with E-state index >= 15 is 0 Å². The van der Waals surface area contributed by atoms with Gasteiger partial charge in [0.05, 0.1) is 6.20 Å². The molecule has 21 heavy (non-hydrogen) atoms. The van der Waals surface area contributed by atoms with Crippen LogP contribution in [0.25, 0.3) is 0 Å². The third-order valence-electron chi connectivity index (χ3n) is 3.73. The second kappa shape index (κ2) is 7.62. The fourth-order valence-corrected chi connectivity index (χ4v) is 2.85. The Labute approximate surface area is 132 Å². The summed E-state index contributed by atoms with van der Waals surface area (Å²) in [6, 6.07) is 6.53. The quantitative estimate of drug-likeness (QED) is 0.836. The van der Waals surface area contributed by atoms with Crippen LogP contribution in [0.3, 0.4) is 0 Å². The molecule has 2 aromatic rings. The second-order valence-electron chi connectivity index (χ2n) is 5.57. The van der Waals surface area contributed by atoms with Gasteiger partial charge >= 0.3 is 0 Å². The average Bonchev–Trinajstić information content (AvgIpc) is 2.86. The van der Waals surface area contributed by atoms with E-state index in [0.29, 0.717) is 6.04 Å². The van der Waals surface area contributed by atoms with Crippen LogP contribution in [-0.2, 0) is 13.5 Å². The zero-order valence-electron chi connectivity index (χ0n) is 13.1. The number of rotatable bonds is 7. The molecule has 0 bridgehead atoms. The molecule has 2 rings (SSSR count). The Balaban J connectivity index is 2.09. The van der Waals surface area contributed by atoms with Crippen molar-refractivity contribution in [2.75, 3.05) is 6.54 Å². The first-order valence-corrected chi connectivity index (χ1v) is 7.95. The lowest BCUT2D eigenvalue weighted by atomic mass is 9.96. The Morgan fingerprint density at radius 1 is 1.38 bits per heavy atom. The summed E-state index contributed by atoms with van der Waals surface area (Å²) in [6.45, 7) is 5.35. The third-order valence-corrected chi connectivity index (χ3v) is 3.96. The van der Waals surface area contributed by atoms with Gasteiger partial charge in [-0.05, 0) is 61.6 Å². The molecule has 0 radical (unpaired) electrons. The van der Waals surface area contributed by atoms with E-state index < -0.39 is 0 Å². The highest BCUT2D eigenvalue weighted by molar-refractivity contribution is 6.30. The molecule has 0 fully saturated rings. The van der Waals surface area contributed by atoms with E-state index in [4.69, 9.17) is 11.6 Å². The molecule has 114 valence electrons. The topological polar surface area (TPSA) is 29.9 Å². The standard InChI is InChI=1S/C17H24ClN3/c1-4-9-19-17(8-5-14-11-20-21(3)12-14)16-7-6-15(18)10-13(16)2/h6-7,10-12,17,19H,4-5,8-9H2,1-3H3. The maximum atomic E-state index is 6.07. The lowest BCUT2D eigenvalue weighted by molar-refractivity contribution is 0.497. The Morgan fingerprint density at radius 2 is 2.19 bits per heavy atom. The molecule has 0 amide bonds. The van der Waals surface area contributed by atoms with Crippen molar-refractivity contribution in [3.05, 3.63) is 52.3 Å². The molecular weight excluding hydrogens is 282 g/mol. The van der Waals surface area contributed by atoms with Crippen LogP contribution in [0.5, 0.6) is 0 Å². The van der Waals surface area contributed by atoms with Gasteiger partial charge in [0, 0.05) is 24.3 Å². The summed E-state index contributed by atoms with van der Waals surface area (Å²) in [5.41, 5.74) is 3.88. The molecule has 1 N–H and O–H groups in total. The summed E-state index contributed by atoms with van der Waals surface area (Å²) in [7, 11) is 1.96. The van der Waals surface area contributed by atoms with Crippen molar-refractivity contribution in [3.8, 4) is 0 Å². The Morgan fingerprint density at radius 3 is 2.81 bits per heavy atom. The van der Waals surface area contributed by atoms with E-state index in [1.807, 2.05) is 30.1 Å². The molecule has 0 aliphatic rings. The van der Waals surface area contributed by atoms with Crippen molar-refractivity contribution in [2.45, 2.75) is 39.2 Å². The zero-order chi connectivity index (χ0) is 15.2. The summed E-state index contributed by atoms with van der Waals surface area (Å²) in [6.07, 6.45) is 7.26. The summed E-state index contributed by atoms with van der Waals surface area (Å²) in [4.78, 5) is 0. The summed E-state index contributed by atoms with van der Waals surface area (Å²) in [5.74, 6) is 0. The minimum Gasteiger partial charge on any atom is -0.310 e. The van der Waals surface area contributed by atoms with Gasteiger partial charge in [-0.1, -0.05) is 24.6 Å². The van der Waals surface area contributed by atoms with E-state index in [1.165, 1.54) is 16.7 Å². The molecule has 0 spiro atoms. The predicted octanol–water partition coefficient (Wildman–Crippen LogP) is 4.06. The number of hydrogen-bond donors (Lipinski definition) is 1. The van der Waals surface area contributed by atoms with Crippen LogP contribution < -0.4 is 5.32 Å². The van der Waals surface area contributed by atoms with E-state index in [-0.39, 0.29) is 0 Å². The van der Waals surface area contributed by atoms with Gasteiger partial charge < -0.3 is 5.32 Å². The Hall–Kier alpha value is -1.32. The van der Waals surface area contributed by atoms with Gasteiger partial charge in [-0.2, -0.15) is 5.10 Å². The molecule has 4 heteroatoms. The molecule has 1 aromatic heterocycles. The van der Waals surface area contributed by atoms with Crippen molar-refractivity contribution in [1.29, 1.82) is 0 Å². The van der Waals surface area contributed by atoms with Crippen molar-refractivity contribution in [3.63, 3.8) is 0 Å². The minimum atomic E-state index is 0.363. The van der Waals surface area contributed by atoms with Crippen LogP contribution >= 0.6 is 11.6 Å². The number of halogens is 1. The van der Waals surface area contributed by atoms with Gasteiger partial charge in [0.1, 0.15) is 0 Å². The molecular formula is C17H24ClN3. The molecule has 0 aliphatic heterocycles. The second-order valence-corrected chi connectivity index (χ2v) is 6.00. The van der Waals surface area contributed by atoms with Gasteiger partial charge in [0.2, 0.25) is 0 Å². The highest BCUT2D eigenvalue weighted by Gasteiger charge is 2.14. The van der Waals surface area contributed by atoms with E-state index in [0.717, 1.165) is 30.8 Å². The fraction of sp³-hybridized carbons (Fsp3) is 0.471. The predicted molar refractivity (Wildman–Crippen MR) is 88.8 cm³/mol. The van der Waals surface area contributed by atoms with E-state index in [2.05, 4.69) is 36.5 Å². The first kappa shape index (κ1) is 16.1. The zero-order valence-corrected chi connectivity index (χ0v) is 13.8. The van der Waals surface area contributed by atoms with Gasteiger partial charge in [-0.25, -0.2) is 0 Å². The Kier molecular flexibility index (Phi) is 5.83. The smallest absolute Gasteiger partial charge is 0.0521 e. The van der Waals surface area contributed by atoms with Crippen LogP contribution in [0.2, 0.25) is 5.02 Å². The highest BCUT2D eigenvalue weighted by atomic mass is 35.5. The van der Waals surface area contributed by atoms with Crippen LogP contribution in [0.4, 0.5) is 0 Å². The van der Waals surface area contributed by atoms with Crippen molar-refractivity contribution < 1.29 is 0 Å². The first-order chi connectivity index (χ1) is 10.1. The van der Waals surface area contributed by atoms with Crippen LogP contribution in [-0.4, -0.2) is 16.3 Å². The molecule has 3 nitrogen and oxygen atoms in total. The minimum absolute atomic E-state index is 0.363. The molecule has 0 saturated carbocycles. The lowest BCUT2D eigenvalue weighted by Crippen LogP contribution is -2.23. The summed E-state index contributed by atoms with van der Waals surface area (Å²) < 4.78 is 1.86. The Bertz CT molecular complexity index is 577. The lowest BCUT2D eigenvalue weighted by Gasteiger charge is -2.21. The number of nitrogens with zero attached hydrogens (tertiary/aromatic N) is 2. The SMILES string of the molecule is CCCNC(CCc1cnn(C)c1)c1ccc(Cl)cc1C. The highest BCUT2D eigenvalue weighted by Crippen LogP contribution is 2.25. The number of aromatic nitrogens is 2. The van der Waals surface area contributed by atoms with Gasteiger partial charge in [0.15, 0.2) is 0 Å². The van der Waals surface area contributed by atoms with Gasteiger partial charge in [-0.3, -0.25) is 4.68 Å². The number of nitrogens with one attached hydrogen (secondary N) is 1. The normalized spacial score (nSPS) is 12.6. The molecule has 1 aromatic carbocycles. The van der Waals surface area contributed by atoms with Crippen LogP contribution in [0, 0.1) is 6.92 Å². The molecule has 1 atom stereocenters. The van der Waals surface area contributed by atoms with E-state index in [1.54, 1.807) is 0 Å². The van der Waals surface area contributed by atoms with Gasteiger partial charge in [-0.15, -0.1) is 0 Å². The average molecular weight is 306 g/mol. The number of benzene rings is 1. The van der Waals surface area contributed by atoms with E-state index in [9.17, 15) is 0 Å². The van der Waals surface area contributed by atoms with Crippen molar-refractivity contribution >= 4 is 11.6 Å².